The number of fused-ring (bicyclic) bond motifs is 1. The highest BCUT2D eigenvalue weighted by Gasteiger charge is 2.08. The molecule has 0 aliphatic heterocycles. The van der Waals surface area contributed by atoms with E-state index in [9.17, 15) is 0 Å². The SMILES string of the molecule is NC(=S)c1ccc(C(N)=S)c2ccccc12. The van der Waals surface area contributed by atoms with Gasteiger partial charge in [0.1, 0.15) is 9.98 Å². The van der Waals surface area contributed by atoms with Crippen molar-refractivity contribution in [3.63, 3.8) is 0 Å². The third-order valence-corrected chi connectivity index (χ3v) is 2.89. The molecule has 0 bridgehead atoms. The highest BCUT2D eigenvalue weighted by atomic mass is 32.1. The maximum Gasteiger partial charge on any atom is 0.104 e. The molecular weight excluding hydrogens is 236 g/mol. The lowest BCUT2D eigenvalue weighted by Crippen LogP contribution is -2.13. The molecule has 4 N–H and O–H groups in total. The van der Waals surface area contributed by atoms with E-state index in [1.165, 1.54) is 0 Å². The van der Waals surface area contributed by atoms with E-state index in [1.54, 1.807) is 0 Å². The maximum atomic E-state index is 5.67. The number of benzene rings is 2. The summed E-state index contributed by atoms with van der Waals surface area (Å²) in [6, 6.07) is 11.5. The summed E-state index contributed by atoms with van der Waals surface area (Å²) in [5.74, 6) is 0. The summed E-state index contributed by atoms with van der Waals surface area (Å²) >= 11 is 10.0. The van der Waals surface area contributed by atoms with Crippen LogP contribution in [0.2, 0.25) is 0 Å². The molecule has 2 rings (SSSR count). The smallest absolute Gasteiger partial charge is 0.104 e. The Bertz CT molecular complexity index is 538. The molecule has 0 aliphatic rings. The molecule has 0 aromatic heterocycles. The number of hydrogen-bond donors (Lipinski definition) is 2. The fraction of sp³-hybridized carbons (Fsp3) is 0. The second-order valence-electron chi connectivity index (χ2n) is 3.43. The van der Waals surface area contributed by atoms with E-state index in [0.717, 1.165) is 21.9 Å². The van der Waals surface area contributed by atoms with Crippen LogP contribution in [0.1, 0.15) is 11.1 Å². The first kappa shape index (κ1) is 11.0. The largest absolute Gasteiger partial charge is 0.389 e. The van der Waals surface area contributed by atoms with E-state index in [0.29, 0.717) is 9.98 Å². The molecule has 0 fully saturated rings. The monoisotopic (exact) mass is 246 g/mol. The topological polar surface area (TPSA) is 52.0 Å². The lowest BCUT2D eigenvalue weighted by atomic mass is 9.99. The van der Waals surface area contributed by atoms with Crippen LogP contribution in [0.25, 0.3) is 10.8 Å². The quantitative estimate of drug-likeness (QED) is 0.797. The van der Waals surface area contributed by atoms with Crippen LogP contribution < -0.4 is 11.5 Å². The fourth-order valence-electron chi connectivity index (χ4n) is 1.73. The Morgan fingerprint density at radius 2 is 1.12 bits per heavy atom. The Kier molecular flexibility index (Phi) is 2.85. The molecule has 0 atom stereocenters. The first-order valence-corrected chi connectivity index (χ1v) is 5.54. The Morgan fingerprint density at radius 1 is 0.750 bits per heavy atom. The van der Waals surface area contributed by atoms with Crippen molar-refractivity contribution in [3.8, 4) is 0 Å². The fourth-order valence-corrected chi connectivity index (χ4v) is 2.08. The van der Waals surface area contributed by atoms with E-state index in [2.05, 4.69) is 0 Å². The summed E-state index contributed by atoms with van der Waals surface area (Å²) in [4.78, 5) is 0.761. The van der Waals surface area contributed by atoms with Gasteiger partial charge in [-0.25, -0.2) is 0 Å². The average Bonchev–Trinajstić information content (AvgIpc) is 2.27. The molecular formula is C12H10N2S2. The van der Waals surface area contributed by atoms with Gasteiger partial charge >= 0.3 is 0 Å². The molecule has 16 heavy (non-hydrogen) atoms. The van der Waals surface area contributed by atoms with E-state index in [-0.39, 0.29) is 0 Å². The third-order valence-electron chi connectivity index (χ3n) is 2.45. The molecule has 0 amide bonds. The molecule has 80 valence electrons. The molecule has 4 heteroatoms. The van der Waals surface area contributed by atoms with Gasteiger partial charge in [-0.3, -0.25) is 0 Å². The molecule has 0 radical (unpaired) electrons. The number of nitrogens with two attached hydrogens (primary N) is 2. The van der Waals surface area contributed by atoms with Gasteiger partial charge in [0.2, 0.25) is 0 Å². The third kappa shape index (κ3) is 1.77. The van der Waals surface area contributed by atoms with Gasteiger partial charge in [0.15, 0.2) is 0 Å². The van der Waals surface area contributed by atoms with E-state index >= 15 is 0 Å². The molecule has 0 saturated heterocycles. The standard InChI is InChI=1S/C12H10N2S2/c13-11(15)9-5-6-10(12(14)16)8-4-2-1-3-7(8)9/h1-6H,(H2,13,15)(H2,14,16). The van der Waals surface area contributed by atoms with Gasteiger partial charge in [-0.2, -0.15) is 0 Å². The van der Waals surface area contributed by atoms with Crippen LogP contribution in [0.3, 0.4) is 0 Å². The summed E-state index contributed by atoms with van der Waals surface area (Å²) < 4.78 is 0. The van der Waals surface area contributed by atoms with Crippen molar-refractivity contribution in [3.05, 3.63) is 47.5 Å². The molecule has 0 spiro atoms. The van der Waals surface area contributed by atoms with Crippen molar-refractivity contribution >= 4 is 45.2 Å². The van der Waals surface area contributed by atoms with Crippen LogP contribution >= 0.6 is 24.4 Å². The minimum atomic E-state index is 0.380. The second-order valence-corrected chi connectivity index (χ2v) is 4.31. The van der Waals surface area contributed by atoms with Crippen molar-refractivity contribution in [2.45, 2.75) is 0 Å². The Hall–Kier alpha value is -1.52. The molecule has 2 nitrogen and oxygen atoms in total. The Labute approximate surface area is 104 Å². The van der Waals surface area contributed by atoms with E-state index in [1.807, 2.05) is 36.4 Å². The summed E-state index contributed by atoms with van der Waals surface area (Å²) in [7, 11) is 0. The first-order chi connectivity index (χ1) is 7.61. The molecule has 0 unspecified atom stereocenters. The zero-order valence-corrected chi connectivity index (χ0v) is 10.1. The van der Waals surface area contributed by atoms with Gasteiger partial charge in [-0.1, -0.05) is 60.8 Å². The number of thiocarbonyl (C=S) groups is 2. The van der Waals surface area contributed by atoms with Crippen LogP contribution in [-0.4, -0.2) is 9.98 Å². The molecule has 2 aromatic rings. The van der Waals surface area contributed by atoms with Gasteiger partial charge in [0.05, 0.1) is 0 Å². The van der Waals surface area contributed by atoms with Crippen LogP contribution in [-0.2, 0) is 0 Å². The lowest BCUT2D eigenvalue weighted by Gasteiger charge is -2.09. The Balaban J connectivity index is 2.87. The predicted octanol–water partition coefficient (Wildman–Crippen LogP) is 2.11. The van der Waals surface area contributed by atoms with Crippen LogP contribution in [0, 0.1) is 0 Å². The minimum Gasteiger partial charge on any atom is -0.389 e. The number of hydrogen-bond acceptors (Lipinski definition) is 2. The summed E-state index contributed by atoms with van der Waals surface area (Å²) in [6.07, 6.45) is 0. The van der Waals surface area contributed by atoms with Crippen molar-refractivity contribution < 1.29 is 0 Å². The highest BCUT2D eigenvalue weighted by Crippen LogP contribution is 2.22. The summed E-state index contributed by atoms with van der Waals surface area (Å²) in [5.41, 5.74) is 13.1. The van der Waals surface area contributed by atoms with Gasteiger partial charge in [0, 0.05) is 11.1 Å². The predicted molar refractivity (Wildman–Crippen MR) is 75.7 cm³/mol. The molecule has 0 saturated carbocycles. The van der Waals surface area contributed by atoms with Crippen molar-refractivity contribution in [2.75, 3.05) is 0 Å². The van der Waals surface area contributed by atoms with Crippen molar-refractivity contribution in [1.29, 1.82) is 0 Å². The normalized spacial score (nSPS) is 10.2. The van der Waals surface area contributed by atoms with E-state index in [4.69, 9.17) is 35.9 Å². The van der Waals surface area contributed by atoms with Gasteiger partial charge < -0.3 is 11.5 Å². The van der Waals surface area contributed by atoms with Crippen molar-refractivity contribution in [1.82, 2.24) is 0 Å². The Morgan fingerprint density at radius 3 is 1.44 bits per heavy atom. The lowest BCUT2D eigenvalue weighted by molar-refractivity contribution is 1.63. The second kappa shape index (κ2) is 4.15. The zero-order chi connectivity index (χ0) is 11.7. The van der Waals surface area contributed by atoms with Crippen LogP contribution in [0.5, 0.6) is 0 Å². The van der Waals surface area contributed by atoms with Gasteiger partial charge in [-0.05, 0) is 10.8 Å². The van der Waals surface area contributed by atoms with Gasteiger partial charge in [-0.15, -0.1) is 0 Å². The molecule has 2 aromatic carbocycles. The number of rotatable bonds is 2. The molecule has 0 heterocycles. The maximum absolute atomic E-state index is 5.67. The van der Waals surface area contributed by atoms with Crippen LogP contribution in [0.4, 0.5) is 0 Å². The van der Waals surface area contributed by atoms with Crippen molar-refractivity contribution in [2.24, 2.45) is 11.5 Å². The summed E-state index contributed by atoms with van der Waals surface area (Å²) in [6.45, 7) is 0. The highest BCUT2D eigenvalue weighted by molar-refractivity contribution is 7.81. The zero-order valence-electron chi connectivity index (χ0n) is 8.44. The summed E-state index contributed by atoms with van der Waals surface area (Å²) in [5, 5.41) is 1.97. The minimum absolute atomic E-state index is 0.380. The average molecular weight is 246 g/mol. The first-order valence-electron chi connectivity index (χ1n) is 4.72. The van der Waals surface area contributed by atoms with E-state index < -0.39 is 0 Å². The van der Waals surface area contributed by atoms with Gasteiger partial charge in [0.25, 0.3) is 0 Å². The van der Waals surface area contributed by atoms with Crippen LogP contribution in [0.15, 0.2) is 36.4 Å². The molecule has 0 aliphatic carbocycles.